The van der Waals surface area contributed by atoms with E-state index in [0.717, 1.165) is 10.7 Å². The van der Waals surface area contributed by atoms with E-state index in [1.54, 1.807) is 25.1 Å². The van der Waals surface area contributed by atoms with E-state index in [1.807, 2.05) is 0 Å². The van der Waals surface area contributed by atoms with Crippen LogP contribution in [-0.4, -0.2) is 29.7 Å². The summed E-state index contributed by atoms with van der Waals surface area (Å²) in [5, 5.41) is 14.1. The fraction of sp³-hybridized carbons (Fsp3) is 0.0909. The molecule has 0 spiro atoms. The van der Waals surface area contributed by atoms with E-state index in [4.69, 9.17) is 5.11 Å². The highest BCUT2D eigenvalue weighted by atomic mass is 79.9. The highest BCUT2D eigenvalue weighted by Crippen LogP contribution is 2.23. The molecule has 2 aromatic rings. The van der Waals surface area contributed by atoms with Gasteiger partial charge in [-0.2, -0.15) is 13.5 Å². The zero-order valence-electron chi connectivity index (χ0n) is 10.2. The number of carbonyl (C=O) groups is 1. The van der Waals surface area contributed by atoms with Crippen LogP contribution in [0.25, 0.3) is 0 Å². The molecule has 7 nitrogen and oxygen atoms in total. The number of nitrogens with zero attached hydrogens (tertiary/aromatic N) is 1. The maximum atomic E-state index is 12.2. The number of H-pyrrole nitrogens is 1. The van der Waals surface area contributed by atoms with Crippen molar-refractivity contribution in [3.05, 3.63) is 40.0 Å². The highest BCUT2D eigenvalue weighted by Gasteiger charge is 2.25. The van der Waals surface area contributed by atoms with Crippen LogP contribution in [-0.2, 0) is 10.0 Å². The lowest BCUT2D eigenvalue weighted by Crippen LogP contribution is -2.17. The van der Waals surface area contributed by atoms with E-state index < -0.39 is 26.6 Å². The molecule has 0 aliphatic rings. The van der Waals surface area contributed by atoms with Gasteiger partial charge in [0.25, 0.3) is 10.0 Å². The second kappa shape index (κ2) is 5.25. The van der Waals surface area contributed by atoms with Crippen LogP contribution in [0, 0.1) is 6.92 Å². The van der Waals surface area contributed by atoms with E-state index in [0.29, 0.717) is 11.3 Å². The number of benzene rings is 1. The van der Waals surface area contributed by atoms with Crippen molar-refractivity contribution < 1.29 is 18.3 Å². The average Bonchev–Trinajstić information content (AvgIpc) is 2.82. The quantitative estimate of drug-likeness (QED) is 0.772. The third kappa shape index (κ3) is 2.83. The Morgan fingerprint density at radius 1 is 1.45 bits per heavy atom. The Hall–Kier alpha value is -1.87. The molecular weight excluding hydrogens is 350 g/mol. The van der Waals surface area contributed by atoms with Gasteiger partial charge >= 0.3 is 5.97 Å². The smallest absolute Gasteiger partial charge is 0.340 e. The van der Waals surface area contributed by atoms with Crippen LogP contribution < -0.4 is 4.72 Å². The second-order valence-electron chi connectivity index (χ2n) is 3.98. The normalized spacial score (nSPS) is 11.3. The molecule has 106 valence electrons. The monoisotopic (exact) mass is 359 g/mol. The van der Waals surface area contributed by atoms with E-state index in [9.17, 15) is 13.2 Å². The van der Waals surface area contributed by atoms with Crippen LogP contribution in [0.15, 0.2) is 33.9 Å². The maximum Gasteiger partial charge on any atom is 0.340 e. The highest BCUT2D eigenvalue weighted by molar-refractivity contribution is 9.10. The van der Waals surface area contributed by atoms with Gasteiger partial charge in [-0.05, 0) is 30.7 Å². The number of carboxylic acids is 1. The van der Waals surface area contributed by atoms with Crippen LogP contribution in [0.4, 0.5) is 5.69 Å². The van der Waals surface area contributed by atoms with E-state index in [-0.39, 0.29) is 0 Å². The number of aromatic amines is 1. The first-order valence-electron chi connectivity index (χ1n) is 5.37. The molecule has 20 heavy (non-hydrogen) atoms. The summed E-state index contributed by atoms with van der Waals surface area (Å²) in [7, 11) is -4.05. The van der Waals surface area contributed by atoms with Gasteiger partial charge < -0.3 is 5.11 Å². The standard InChI is InChI=1S/C11H10BrN3O4S/c1-6-4-7(12)2-3-9(6)15-20(18,19)10-8(11(16)17)5-13-14-10/h2-5,15H,1H3,(H,13,14)(H,16,17). The van der Waals surface area contributed by atoms with Crippen molar-refractivity contribution >= 4 is 37.6 Å². The summed E-state index contributed by atoms with van der Waals surface area (Å²) in [6.45, 7) is 1.73. The van der Waals surface area contributed by atoms with Crippen molar-refractivity contribution in [2.24, 2.45) is 0 Å². The Labute approximate surface area is 123 Å². The molecule has 0 saturated heterocycles. The van der Waals surface area contributed by atoms with Gasteiger partial charge in [-0.1, -0.05) is 15.9 Å². The van der Waals surface area contributed by atoms with Gasteiger partial charge in [0.15, 0.2) is 5.03 Å². The largest absolute Gasteiger partial charge is 0.478 e. The van der Waals surface area contributed by atoms with Crippen LogP contribution in [0.2, 0.25) is 0 Å². The van der Waals surface area contributed by atoms with Crippen molar-refractivity contribution in [3.63, 3.8) is 0 Å². The Morgan fingerprint density at radius 2 is 2.15 bits per heavy atom. The molecule has 0 aliphatic heterocycles. The predicted octanol–water partition coefficient (Wildman–Crippen LogP) is 1.98. The summed E-state index contributed by atoms with van der Waals surface area (Å²) in [4.78, 5) is 10.9. The lowest BCUT2D eigenvalue weighted by molar-refractivity contribution is 0.0692. The Kier molecular flexibility index (Phi) is 3.82. The number of aromatic carboxylic acids is 1. The first kappa shape index (κ1) is 14.5. The SMILES string of the molecule is Cc1cc(Br)ccc1NS(=O)(=O)c1[nH]ncc1C(=O)O. The number of aromatic nitrogens is 2. The number of aryl methyl sites for hydroxylation is 1. The number of sulfonamides is 1. The number of hydrogen-bond donors (Lipinski definition) is 3. The molecule has 1 aromatic carbocycles. The number of rotatable bonds is 4. The molecule has 0 atom stereocenters. The van der Waals surface area contributed by atoms with Crippen LogP contribution in [0.1, 0.15) is 15.9 Å². The third-order valence-electron chi connectivity index (χ3n) is 2.54. The topological polar surface area (TPSA) is 112 Å². The first-order valence-corrected chi connectivity index (χ1v) is 7.64. The molecule has 0 fully saturated rings. The number of carboxylic acid groups (broad SMARTS) is 1. The zero-order chi connectivity index (χ0) is 14.9. The molecular formula is C11H10BrN3O4S. The minimum Gasteiger partial charge on any atom is -0.478 e. The van der Waals surface area contributed by atoms with Crippen molar-refractivity contribution in [1.29, 1.82) is 0 Å². The number of hydrogen-bond acceptors (Lipinski definition) is 4. The lowest BCUT2D eigenvalue weighted by Gasteiger charge is -2.10. The Bertz CT molecular complexity index is 770. The van der Waals surface area contributed by atoms with Crippen LogP contribution in [0.5, 0.6) is 0 Å². The summed E-state index contributed by atoms with van der Waals surface area (Å²) in [6.07, 6.45) is 0.950. The fourth-order valence-electron chi connectivity index (χ4n) is 1.57. The van der Waals surface area contributed by atoms with E-state index >= 15 is 0 Å². The van der Waals surface area contributed by atoms with Gasteiger partial charge in [-0.15, -0.1) is 0 Å². The van der Waals surface area contributed by atoms with Gasteiger partial charge in [0, 0.05) is 4.47 Å². The molecule has 0 amide bonds. The third-order valence-corrected chi connectivity index (χ3v) is 4.37. The zero-order valence-corrected chi connectivity index (χ0v) is 12.6. The minimum absolute atomic E-state index is 0.360. The molecule has 0 saturated carbocycles. The van der Waals surface area contributed by atoms with Crippen molar-refractivity contribution in [2.75, 3.05) is 4.72 Å². The Morgan fingerprint density at radius 3 is 2.75 bits per heavy atom. The number of nitrogens with one attached hydrogen (secondary N) is 2. The molecule has 1 heterocycles. The summed E-state index contributed by atoms with van der Waals surface area (Å²) < 4.78 is 27.5. The summed E-state index contributed by atoms with van der Waals surface area (Å²) in [5.41, 5.74) is 0.644. The molecule has 0 radical (unpaired) electrons. The summed E-state index contributed by atoms with van der Waals surface area (Å²) in [6, 6.07) is 4.99. The lowest BCUT2D eigenvalue weighted by atomic mass is 10.2. The first-order chi connectivity index (χ1) is 9.31. The molecule has 2 rings (SSSR count). The fourth-order valence-corrected chi connectivity index (χ4v) is 3.27. The van der Waals surface area contributed by atoms with Crippen molar-refractivity contribution in [1.82, 2.24) is 10.2 Å². The Balaban J connectivity index is 2.41. The summed E-state index contributed by atoms with van der Waals surface area (Å²) >= 11 is 3.27. The van der Waals surface area contributed by atoms with E-state index in [2.05, 4.69) is 30.8 Å². The minimum atomic E-state index is -4.05. The predicted molar refractivity (Wildman–Crippen MR) is 75.2 cm³/mol. The molecule has 0 bridgehead atoms. The maximum absolute atomic E-state index is 12.2. The van der Waals surface area contributed by atoms with Crippen LogP contribution in [0.3, 0.4) is 0 Å². The average molecular weight is 360 g/mol. The number of halogens is 1. The van der Waals surface area contributed by atoms with Crippen molar-refractivity contribution in [3.8, 4) is 0 Å². The molecule has 1 aromatic heterocycles. The number of anilines is 1. The van der Waals surface area contributed by atoms with Gasteiger partial charge in [-0.3, -0.25) is 9.82 Å². The van der Waals surface area contributed by atoms with Gasteiger partial charge in [0.05, 0.1) is 11.9 Å². The molecule has 3 N–H and O–H groups in total. The van der Waals surface area contributed by atoms with Gasteiger partial charge in [0.1, 0.15) is 5.56 Å². The van der Waals surface area contributed by atoms with Crippen molar-refractivity contribution in [2.45, 2.75) is 11.9 Å². The molecule has 9 heteroatoms. The molecule has 0 aliphatic carbocycles. The van der Waals surface area contributed by atoms with E-state index in [1.165, 1.54) is 0 Å². The molecule has 0 unspecified atom stereocenters. The van der Waals surface area contributed by atoms with Crippen LogP contribution >= 0.6 is 15.9 Å². The van der Waals surface area contributed by atoms with Gasteiger partial charge in [0.2, 0.25) is 0 Å². The van der Waals surface area contributed by atoms with Gasteiger partial charge in [-0.25, -0.2) is 4.79 Å². The summed E-state index contributed by atoms with van der Waals surface area (Å²) in [5.74, 6) is -1.37. The second-order valence-corrected chi connectivity index (χ2v) is 6.52.